The number of carboxylic acid groups (broad SMARTS) is 1. The molecule has 1 saturated heterocycles. The highest BCUT2D eigenvalue weighted by atomic mass is 79.9. The van der Waals surface area contributed by atoms with Gasteiger partial charge < -0.3 is 35.3 Å². The summed E-state index contributed by atoms with van der Waals surface area (Å²) in [4.78, 5) is 57.7. The monoisotopic (exact) mass is 825 g/mol. The number of nitrogens with zero attached hydrogens (tertiary/aromatic N) is 7. The fraction of sp³-hybridized carbons (Fsp3) is 0.200. The molecular weight excluding hydrogens is 798 g/mol. The van der Waals surface area contributed by atoms with Gasteiger partial charge in [-0.1, -0.05) is 12.1 Å². The minimum absolute atomic E-state index is 0.0197. The fourth-order valence-electron chi connectivity index (χ4n) is 6.26. The van der Waals surface area contributed by atoms with Crippen molar-refractivity contribution >= 4 is 101 Å². The van der Waals surface area contributed by atoms with E-state index >= 15 is 0 Å². The molecule has 262 valence electrons. The Kier molecular flexibility index (Phi) is 8.98. The van der Waals surface area contributed by atoms with Crippen LogP contribution in [-0.4, -0.2) is 90.0 Å². The number of benzene rings is 2. The van der Waals surface area contributed by atoms with Crippen LogP contribution in [0.4, 0.5) is 23.0 Å². The maximum absolute atomic E-state index is 13.1. The number of rotatable bonds is 6. The first kappa shape index (κ1) is 33.6. The van der Waals surface area contributed by atoms with Crippen LogP contribution in [0, 0.1) is 0 Å². The van der Waals surface area contributed by atoms with Crippen molar-refractivity contribution < 1.29 is 19.4 Å². The summed E-state index contributed by atoms with van der Waals surface area (Å²) in [6, 6.07) is 12.1. The van der Waals surface area contributed by atoms with Crippen LogP contribution in [0.2, 0.25) is 0 Å². The first-order chi connectivity index (χ1) is 25.2. The molecule has 1 amide bonds. The van der Waals surface area contributed by atoms with Gasteiger partial charge in [-0.05, 0) is 85.3 Å². The second-order valence-corrected chi connectivity index (χ2v) is 13.9. The zero-order chi connectivity index (χ0) is 35.9. The summed E-state index contributed by atoms with van der Waals surface area (Å²) in [6.45, 7) is 5.06. The Labute approximate surface area is 312 Å². The third kappa shape index (κ3) is 6.31. The normalized spacial score (nSPS) is 15.8. The Bertz CT molecular complexity index is 2460. The molecular formula is C35H29Br2N11O4. The highest BCUT2D eigenvalue weighted by molar-refractivity contribution is 9.11. The number of amides is 1. The molecule has 1 atom stereocenters. The molecule has 17 heteroatoms. The van der Waals surface area contributed by atoms with Gasteiger partial charge >= 0.3 is 5.97 Å². The number of aromatic amines is 2. The van der Waals surface area contributed by atoms with Gasteiger partial charge in [0.15, 0.2) is 0 Å². The molecule has 0 bridgehead atoms. The molecule has 0 saturated carbocycles. The van der Waals surface area contributed by atoms with E-state index < -0.39 is 5.97 Å². The maximum Gasteiger partial charge on any atom is 0.353 e. The van der Waals surface area contributed by atoms with Crippen LogP contribution in [-0.2, 0) is 17.8 Å². The van der Waals surface area contributed by atoms with Crippen molar-refractivity contribution in [1.82, 2.24) is 34.8 Å². The maximum atomic E-state index is 13.1. The molecule has 15 nitrogen and oxygen atoms in total. The third-order valence-electron chi connectivity index (χ3n) is 8.92. The van der Waals surface area contributed by atoms with Crippen LogP contribution >= 0.6 is 31.9 Å². The molecule has 3 aliphatic heterocycles. The van der Waals surface area contributed by atoms with E-state index in [1.165, 1.54) is 23.8 Å². The lowest BCUT2D eigenvalue weighted by Crippen LogP contribution is -2.47. The summed E-state index contributed by atoms with van der Waals surface area (Å²) >= 11 is 6.91. The number of aromatic nitrogens is 6. The van der Waals surface area contributed by atoms with Crippen molar-refractivity contribution in [1.29, 1.82) is 0 Å². The summed E-state index contributed by atoms with van der Waals surface area (Å²) < 4.78 is 6.52. The van der Waals surface area contributed by atoms with Crippen LogP contribution in [0.15, 0.2) is 68.0 Å². The van der Waals surface area contributed by atoms with Gasteiger partial charge in [0, 0.05) is 30.3 Å². The number of carboxylic acids is 1. The number of halogens is 2. The molecule has 4 aromatic heterocycles. The molecule has 0 spiro atoms. The van der Waals surface area contributed by atoms with Crippen LogP contribution < -0.4 is 10.6 Å². The SMILES string of the molecule is C[C@@H]1COCCN1C(=O)c1[nH]c2ncnc(Nc3ccc4c(c3)C=NC4)c2c1Br.O=C(O)c1[nH]c2ncnc(Nc3ccc4c(c3)C=NC4)c2c1Br. The van der Waals surface area contributed by atoms with Gasteiger partial charge in [-0.15, -0.1) is 0 Å². The number of anilines is 4. The number of morpholine rings is 1. The third-order valence-corrected chi connectivity index (χ3v) is 10.5. The fourth-order valence-corrected chi connectivity index (χ4v) is 7.55. The van der Waals surface area contributed by atoms with Crippen molar-refractivity contribution in [3.8, 4) is 0 Å². The van der Waals surface area contributed by atoms with E-state index in [-0.39, 0.29) is 17.6 Å². The van der Waals surface area contributed by atoms with Crippen molar-refractivity contribution in [3.63, 3.8) is 0 Å². The molecule has 9 rings (SSSR count). The van der Waals surface area contributed by atoms with Crippen molar-refractivity contribution in [3.05, 3.63) is 91.6 Å². The van der Waals surface area contributed by atoms with Gasteiger partial charge in [-0.2, -0.15) is 0 Å². The molecule has 52 heavy (non-hydrogen) atoms. The predicted molar refractivity (Wildman–Crippen MR) is 203 cm³/mol. The number of nitrogens with one attached hydrogen (secondary N) is 4. The van der Waals surface area contributed by atoms with E-state index in [4.69, 9.17) is 4.74 Å². The van der Waals surface area contributed by atoms with E-state index in [1.807, 2.05) is 54.6 Å². The van der Waals surface area contributed by atoms with Crippen molar-refractivity contribution in [2.45, 2.75) is 26.1 Å². The van der Waals surface area contributed by atoms with E-state index in [0.29, 0.717) is 69.3 Å². The Morgan fingerprint density at radius 3 is 1.90 bits per heavy atom. The van der Waals surface area contributed by atoms with E-state index in [1.54, 1.807) is 0 Å². The second kappa shape index (κ2) is 13.9. The van der Waals surface area contributed by atoms with Gasteiger partial charge in [0.05, 0.1) is 52.1 Å². The summed E-state index contributed by atoms with van der Waals surface area (Å²) in [6.07, 6.45) is 6.58. The van der Waals surface area contributed by atoms with Crippen LogP contribution in [0.25, 0.3) is 22.1 Å². The van der Waals surface area contributed by atoms with Gasteiger partial charge in [-0.3, -0.25) is 14.8 Å². The summed E-state index contributed by atoms with van der Waals surface area (Å²) in [5, 5.41) is 17.1. The van der Waals surface area contributed by atoms with Crippen molar-refractivity contribution in [2.75, 3.05) is 30.4 Å². The zero-order valence-electron chi connectivity index (χ0n) is 27.4. The standard InChI is InChI=1S/C20H19BrN6O2.C15H10BrN5O2/c1-11-9-29-5-4-27(11)20(28)17-16(21)15-18(23-10-24-19(15)26-17)25-14-3-2-12-7-22-8-13(12)6-14;16-11-10-13(18-6-19-14(10)21-12(11)15(22)23)20-9-2-1-7-4-17-5-8(7)3-9/h2-3,6,8,10-11H,4-5,7,9H2,1H3,(H2,23,24,25,26);1-3,5-6H,4H2,(H,22,23)(H2,18,19,20,21)/t11-;/m1./s1. The van der Waals surface area contributed by atoms with Gasteiger partial charge in [0.2, 0.25) is 0 Å². The Morgan fingerprint density at radius 1 is 0.827 bits per heavy atom. The highest BCUT2D eigenvalue weighted by Gasteiger charge is 2.29. The molecule has 5 N–H and O–H groups in total. The quantitative estimate of drug-likeness (QED) is 0.126. The first-order valence-electron chi connectivity index (χ1n) is 16.2. The molecule has 0 radical (unpaired) electrons. The van der Waals surface area contributed by atoms with Crippen LogP contribution in [0.1, 0.15) is 50.2 Å². The van der Waals surface area contributed by atoms with Gasteiger partial charge in [0.1, 0.15) is 47.0 Å². The predicted octanol–water partition coefficient (Wildman–Crippen LogP) is 6.35. The lowest BCUT2D eigenvalue weighted by atomic mass is 10.1. The lowest BCUT2D eigenvalue weighted by Gasteiger charge is -2.33. The number of ether oxygens (including phenoxy) is 1. The first-order valence-corrected chi connectivity index (χ1v) is 17.8. The largest absolute Gasteiger partial charge is 0.477 e. The lowest BCUT2D eigenvalue weighted by molar-refractivity contribution is 0.00327. The topological polar surface area (TPSA) is 199 Å². The molecule has 7 heterocycles. The number of fused-ring (bicyclic) bond motifs is 4. The smallest absolute Gasteiger partial charge is 0.353 e. The molecule has 6 aromatic rings. The van der Waals surface area contributed by atoms with Crippen LogP contribution in [0.3, 0.4) is 0 Å². The number of aromatic carboxylic acids is 1. The van der Waals surface area contributed by atoms with E-state index in [2.05, 4.69) is 88.4 Å². The summed E-state index contributed by atoms with van der Waals surface area (Å²) in [7, 11) is 0. The minimum atomic E-state index is -1.06. The van der Waals surface area contributed by atoms with Gasteiger partial charge in [0.25, 0.3) is 5.91 Å². The Morgan fingerprint density at radius 2 is 1.37 bits per heavy atom. The molecule has 0 aliphatic carbocycles. The highest BCUT2D eigenvalue weighted by Crippen LogP contribution is 2.35. The van der Waals surface area contributed by atoms with Crippen LogP contribution in [0.5, 0.6) is 0 Å². The number of H-pyrrole nitrogens is 2. The Hall–Kier alpha value is -5.52. The average molecular weight is 827 g/mol. The second-order valence-electron chi connectivity index (χ2n) is 12.3. The average Bonchev–Trinajstić information content (AvgIpc) is 3.94. The molecule has 3 aliphatic rings. The number of hydrogen-bond acceptors (Lipinski definition) is 11. The minimum Gasteiger partial charge on any atom is -0.477 e. The molecule has 2 aromatic carbocycles. The number of carbonyl (C=O) groups is 2. The molecule has 0 unspecified atom stereocenters. The van der Waals surface area contributed by atoms with Gasteiger partial charge in [-0.25, -0.2) is 24.7 Å². The summed E-state index contributed by atoms with van der Waals surface area (Å²) in [5.74, 6) is 0.0162. The van der Waals surface area contributed by atoms with E-state index in [9.17, 15) is 14.7 Å². The summed E-state index contributed by atoms with van der Waals surface area (Å²) in [5.41, 5.74) is 7.88. The van der Waals surface area contributed by atoms with Crippen molar-refractivity contribution in [2.24, 2.45) is 9.98 Å². The number of hydrogen-bond donors (Lipinski definition) is 5. The number of carbonyl (C=O) groups excluding carboxylic acids is 1. The molecule has 1 fully saturated rings. The Balaban J connectivity index is 0.000000153. The van der Waals surface area contributed by atoms with E-state index in [0.717, 1.165) is 34.4 Å². The zero-order valence-corrected chi connectivity index (χ0v) is 30.6. The number of aliphatic imine (C=N–C) groups is 2.